The lowest BCUT2D eigenvalue weighted by atomic mass is 9.84. The number of piperidine rings is 1. The van der Waals surface area contributed by atoms with E-state index in [0.29, 0.717) is 11.6 Å². The Balaban J connectivity index is 1.85. The minimum atomic E-state index is -0.328. The summed E-state index contributed by atoms with van der Waals surface area (Å²) in [5.74, 6) is 0.453. The van der Waals surface area contributed by atoms with E-state index in [0.717, 1.165) is 63.5 Å². The van der Waals surface area contributed by atoms with Crippen molar-refractivity contribution in [3.05, 3.63) is 34.6 Å². The van der Waals surface area contributed by atoms with Crippen molar-refractivity contribution in [2.24, 2.45) is 4.99 Å². The zero-order valence-corrected chi connectivity index (χ0v) is 18.0. The van der Waals surface area contributed by atoms with E-state index >= 15 is 0 Å². The molecule has 2 rings (SSSR count). The summed E-state index contributed by atoms with van der Waals surface area (Å²) in [7, 11) is 0. The molecule has 0 bridgehead atoms. The number of nitrogens with one attached hydrogen (secondary N) is 2. The molecule has 1 aliphatic rings. The number of guanidine groups is 1. The van der Waals surface area contributed by atoms with Gasteiger partial charge < -0.3 is 20.6 Å². The molecule has 0 aromatic heterocycles. The highest BCUT2D eigenvalue weighted by Crippen LogP contribution is 2.30. The number of likely N-dealkylation sites (tertiary alicyclic amines) is 1. The molecule has 158 valence electrons. The van der Waals surface area contributed by atoms with Crippen molar-refractivity contribution < 1.29 is 9.50 Å². The summed E-state index contributed by atoms with van der Waals surface area (Å²) in [5.41, 5.74) is 0.587. The maximum atomic E-state index is 13.3. The Kier molecular flexibility index (Phi) is 8.99. The molecule has 0 atom stereocenters. The Morgan fingerprint density at radius 3 is 2.68 bits per heavy atom. The average molecular weight is 413 g/mol. The molecular formula is C21H34ClFN4O. The molecule has 3 N–H and O–H groups in total. The van der Waals surface area contributed by atoms with E-state index in [1.54, 1.807) is 6.07 Å². The van der Waals surface area contributed by atoms with E-state index in [-0.39, 0.29) is 17.3 Å². The first-order chi connectivity index (χ1) is 13.3. The third-order valence-corrected chi connectivity index (χ3v) is 5.45. The zero-order valence-electron chi connectivity index (χ0n) is 17.3. The van der Waals surface area contributed by atoms with Crippen LogP contribution in [0, 0.1) is 5.82 Å². The van der Waals surface area contributed by atoms with Crippen LogP contribution in [0.15, 0.2) is 23.2 Å². The van der Waals surface area contributed by atoms with Gasteiger partial charge in [-0.05, 0) is 50.4 Å². The van der Waals surface area contributed by atoms with Gasteiger partial charge in [-0.25, -0.2) is 4.39 Å². The lowest BCUT2D eigenvalue weighted by Crippen LogP contribution is -2.41. The average Bonchev–Trinajstić information content (AvgIpc) is 2.64. The zero-order chi connectivity index (χ0) is 20.6. The van der Waals surface area contributed by atoms with Crippen LogP contribution in [0.2, 0.25) is 5.02 Å². The summed E-state index contributed by atoms with van der Waals surface area (Å²) in [4.78, 5) is 7.12. The van der Waals surface area contributed by atoms with Gasteiger partial charge in [0.1, 0.15) is 5.82 Å². The first-order valence-corrected chi connectivity index (χ1v) is 10.6. The lowest BCUT2D eigenvalue weighted by Gasteiger charge is -2.29. The molecule has 0 saturated carbocycles. The molecule has 1 aromatic rings. The quantitative estimate of drug-likeness (QED) is 0.348. The number of hydrogen-bond donors (Lipinski definition) is 3. The number of nitrogens with zero attached hydrogens (tertiary/aromatic N) is 2. The Morgan fingerprint density at radius 2 is 2.04 bits per heavy atom. The maximum Gasteiger partial charge on any atom is 0.191 e. The standard InChI is InChI=1S/C21H34ClFN4O/c1-4-24-20(25-10-5-11-27-12-8-17(28)9-13-27)26-15-21(2,3)18-7-6-16(23)14-19(18)22/h6-7,14,17,28H,4-5,8-13,15H2,1-3H3,(H2,24,25,26). The Labute approximate surface area is 173 Å². The first kappa shape index (κ1) is 22.9. The first-order valence-electron chi connectivity index (χ1n) is 10.2. The van der Waals surface area contributed by atoms with Crippen LogP contribution in [0.1, 0.15) is 45.6 Å². The van der Waals surface area contributed by atoms with E-state index in [2.05, 4.69) is 29.4 Å². The second kappa shape index (κ2) is 11.0. The van der Waals surface area contributed by atoms with Crippen LogP contribution >= 0.6 is 11.6 Å². The van der Waals surface area contributed by atoms with Crippen molar-refractivity contribution in [2.75, 3.05) is 39.3 Å². The summed E-state index contributed by atoms with van der Waals surface area (Å²) in [5, 5.41) is 16.7. The van der Waals surface area contributed by atoms with Crippen LogP contribution in [-0.2, 0) is 5.41 Å². The highest BCUT2D eigenvalue weighted by Gasteiger charge is 2.23. The normalized spacial score (nSPS) is 17.0. The maximum absolute atomic E-state index is 13.3. The van der Waals surface area contributed by atoms with Crippen LogP contribution in [0.5, 0.6) is 0 Å². The molecular weight excluding hydrogens is 379 g/mol. The number of aliphatic imine (C=N–C) groups is 1. The molecule has 0 radical (unpaired) electrons. The van der Waals surface area contributed by atoms with Gasteiger partial charge in [-0.3, -0.25) is 4.99 Å². The molecule has 1 heterocycles. The second-order valence-electron chi connectivity index (χ2n) is 8.06. The number of aliphatic hydroxyl groups excluding tert-OH is 1. The fourth-order valence-corrected chi connectivity index (χ4v) is 3.82. The van der Waals surface area contributed by atoms with Crippen LogP contribution in [0.4, 0.5) is 4.39 Å². The van der Waals surface area contributed by atoms with Gasteiger partial charge in [0.25, 0.3) is 0 Å². The second-order valence-corrected chi connectivity index (χ2v) is 8.46. The topological polar surface area (TPSA) is 59.9 Å². The van der Waals surface area contributed by atoms with E-state index < -0.39 is 0 Å². The number of benzene rings is 1. The molecule has 5 nitrogen and oxygen atoms in total. The van der Waals surface area contributed by atoms with E-state index in [9.17, 15) is 9.50 Å². The fourth-order valence-electron chi connectivity index (χ4n) is 3.39. The van der Waals surface area contributed by atoms with E-state index in [1.807, 2.05) is 6.92 Å². The van der Waals surface area contributed by atoms with Gasteiger partial charge in [0.2, 0.25) is 0 Å². The number of hydrogen-bond acceptors (Lipinski definition) is 3. The third kappa shape index (κ3) is 7.22. The van der Waals surface area contributed by atoms with Gasteiger partial charge in [-0.15, -0.1) is 0 Å². The molecule has 0 unspecified atom stereocenters. The van der Waals surface area contributed by atoms with Crippen LogP contribution < -0.4 is 10.6 Å². The van der Waals surface area contributed by atoms with E-state index in [1.165, 1.54) is 12.1 Å². The third-order valence-electron chi connectivity index (χ3n) is 5.14. The van der Waals surface area contributed by atoms with Gasteiger partial charge in [0.05, 0.1) is 12.6 Å². The molecule has 0 amide bonds. The van der Waals surface area contributed by atoms with Crippen molar-refractivity contribution in [3.63, 3.8) is 0 Å². The Hall–Kier alpha value is -1.37. The molecule has 1 fully saturated rings. The molecule has 1 aliphatic heterocycles. The largest absolute Gasteiger partial charge is 0.393 e. The van der Waals surface area contributed by atoms with Gasteiger partial charge in [-0.2, -0.15) is 0 Å². The Bertz CT molecular complexity index is 645. The van der Waals surface area contributed by atoms with E-state index in [4.69, 9.17) is 16.6 Å². The fraction of sp³-hybridized carbons (Fsp3) is 0.667. The minimum Gasteiger partial charge on any atom is -0.393 e. The lowest BCUT2D eigenvalue weighted by molar-refractivity contribution is 0.0823. The molecule has 28 heavy (non-hydrogen) atoms. The minimum absolute atomic E-state index is 0.125. The van der Waals surface area contributed by atoms with Gasteiger partial charge in [0, 0.05) is 36.6 Å². The van der Waals surface area contributed by atoms with Gasteiger partial charge in [-0.1, -0.05) is 31.5 Å². The predicted octanol–water partition coefficient (Wildman–Crippen LogP) is 3.16. The predicted molar refractivity (Wildman–Crippen MR) is 115 cm³/mol. The van der Waals surface area contributed by atoms with Crippen molar-refractivity contribution >= 4 is 17.6 Å². The van der Waals surface area contributed by atoms with Crippen molar-refractivity contribution in [1.82, 2.24) is 15.5 Å². The highest BCUT2D eigenvalue weighted by molar-refractivity contribution is 6.31. The van der Waals surface area contributed by atoms with Crippen LogP contribution in [0.25, 0.3) is 0 Å². The molecule has 0 spiro atoms. The monoisotopic (exact) mass is 412 g/mol. The summed E-state index contributed by atoms with van der Waals surface area (Å²) >= 11 is 6.24. The smallest absolute Gasteiger partial charge is 0.191 e. The van der Waals surface area contributed by atoms with Crippen molar-refractivity contribution in [1.29, 1.82) is 0 Å². The molecule has 1 aromatic carbocycles. The summed E-state index contributed by atoms with van der Waals surface area (Å²) in [6, 6.07) is 4.53. The van der Waals surface area contributed by atoms with Crippen molar-refractivity contribution in [3.8, 4) is 0 Å². The Morgan fingerprint density at radius 1 is 1.32 bits per heavy atom. The molecule has 0 aliphatic carbocycles. The molecule has 7 heteroatoms. The van der Waals surface area contributed by atoms with Crippen LogP contribution in [0.3, 0.4) is 0 Å². The van der Waals surface area contributed by atoms with Gasteiger partial charge in [0.15, 0.2) is 5.96 Å². The highest BCUT2D eigenvalue weighted by atomic mass is 35.5. The molecule has 1 saturated heterocycles. The summed E-state index contributed by atoms with van der Waals surface area (Å²) < 4.78 is 13.3. The number of aliphatic hydroxyl groups is 1. The number of rotatable bonds is 8. The summed E-state index contributed by atoms with van der Waals surface area (Å²) in [6.07, 6.45) is 2.64. The van der Waals surface area contributed by atoms with Crippen molar-refractivity contribution in [2.45, 2.75) is 51.6 Å². The van der Waals surface area contributed by atoms with Crippen LogP contribution in [-0.4, -0.2) is 61.3 Å². The SMILES string of the molecule is CCNC(=NCC(C)(C)c1ccc(F)cc1Cl)NCCCN1CCC(O)CC1. The summed E-state index contributed by atoms with van der Waals surface area (Å²) in [6.45, 7) is 11.3. The van der Waals surface area contributed by atoms with Gasteiger partial charge >= 0.3 is 0 Å². The number of halogens is 2.